The summed E-state index contributed by atoms with van der Waals surface area (Å²) >= 11 is 0. The maximum absolute atomic E-state index is 9.79. The largest absolute Gasteiger partial charge is 0.496 e. The first kappa shape index (κ1) is 17.3. The molecule has 0 amide bonds. The van der Waals surface area contributed by atoms with Crippen LogP contribution < -0.4 is 10.5 Å². The second-order valence-electron chi connectivity index (χ2n) is 7.21. The molecule has 0 saturated heterocycles. The molecule has 1 aromatic carbocycles. The predicted molar refractivity (Wildman–Crippen MR) is 90.3 cm³/mol. The second-order valence-corrected chi connectivity index (χ2v) is 7.21. The predicted octanol–water partition coefficient (Wildman–Crippen LogP) is 2.71. The van der Waals surface area contributed by atoms with Gasteiger partial charge in [-0.25, -0.2) is 0 Å². The lowest BCUT2D eigenvalue weighted by Gasteiger charge is -2.38. The minimum absolute atomic E-state index is 0.116. The standard InChI is InChI=1S/C18H30N2O2/c1-11(2)16-15(22-6)7-12(3)13-9-20(18(4,5)10-21)14(8-19)17(13)16/h7,11,14,21H,8-10,19H2,1-6H3. The van der Waals surface area contributed by atoms with E-state index in [9.17, 15) is 5.11 Å². The molecule has 1 unspecified atom stereocenters. The van der Waals surface area contributed by atoms with Crippen molar-refractivity contribution in [2.45, 2.75) is 58.7 Å². The lowest BCUT2D eigenvalue weighted by Crippen LogP contribution is -2.47. The van der Waals surface area contributed by atoms with Crippen LogP contribution in [0.4, 0.5) is 0 Å². The molecule has 0 spiro atoms. The van der Waals surface area contributed by atoms with Crippen molar-refractivity contribution >= 4 is 0 Å². The molecule has 0 fully saturated rings. The van der Waals surface area contributed by atoms with E-state index in [-0.39, 0.29) is 18.2 Å². The molecule has 124 valence electrons. The molecule has 2 rings (SSSR count). The van der Waals surface area contributed by atoms with Crippen LogP contribution in [0.5, 0.6) is 5.75 Å². The van der Waals surface area contributed by atoms with Crippen molar-refractivity contribution in [3.8, 4) is 5.75 Å². The van der Waals surface area contributed by atoms with Crippen molar-refractivity contribution in [3.63, 3.8) is 0 Å². The fourth-order valence-corrected chi connectivity index (χ4v) is 3.63. The zero-order valence-electron chi connectivity index (χ0n) is 14.7. The smallest absolute Gasteiger partial charge is 0.122 e. The quantitative estimate of drug-likeness (QED) is 0.878. The van der Waals surface area contributed by atoms with Gasteiger partial charge in [0.05, 0.1) is 13.7 Å². The molecule has 0 radical (unpaired) electrons. The number of fused-ring (bicyclic) bond motifs is 1. The van der Waals surface area contributed by atoms with Crippen LogP contribution in [0.25, 0.3) is 0 Å². The van der Waals surface area contributed by atoms with Gasteiger partial charge >= 0.3 is 0 Å². The van der Waals surface area contributed by atoms with E-state index >= 15 is 0 Å². The monoisotopic (exact) mass is 306 g/mol. The van der Waals surface area contributed by atoms with Crippen molar-refractivity contribution in [1.29, 1.82) is 0 Å². The molecule has 4 heteroatoms. The number of hydrogen-bond donors (Lipinski definition) is 2. The molecule has 0 aromatic heterocycles. The van der Waals surface area contributed by atoms with Gasteiger partial charge in [0.2, 0.25) is 0 Å². The Hall–Kier alpha value is -1.10. The molecule has 1 aliphatic heterocycles. The summed E-state index contributed by atoms with van der Waals surface area (Å²) in [5, 5.41) is 9.79. The first-order chi connectivity index (χ1) is 10.3. The van der Waals surface area contributed by atoms with E-state index in [0.29, 0.717) is 12.5 Å². The van der Waals surface area contributed by atoms with Crippen LogP contribution in [0.2, 0.25) is 0 Å². The number of nitrogens with two attached hydrogens (primary N) is 1. The van der Waals surface area contributed by atoms with Crippen molar-refractivity contribution in [1.82, 2.24) is 4.90 Å². The molecule has 1 atom stereocenters. The van der Waals surface area contributed by atoms with E-state index in [1.54, 1.807) is 7.11 Å². The highest BCUT2D eigenvalue weighted by Gasteiger charge is 2.41. The van der Waals surface area contributed by atoms with E-state index in [2.05, 4.69) is 45.6 Å². The Morgan fingerprint density at radius 1 is 1.45 bits per heavy atom. The summed E-state index contributed by atoms with van der Waals surface area (Å²) in [7, 11) is 1.73. The average molecular weight is 306 g/mol. The Balaban J connectivity index is 2.66. The van der Waals surface area contributed by atoms with E-state index in [1.807, 2.05) is 0 Å². The Morgan fingerprint density at radius 2 is 2.09 bits per heavy atom. The van der Waals surface area contributed by atoms with Gasteiger partial charge < -0.3 is 15.6 Å². The zero-order chi connectivity index (χ0) is 16.7. The van der Waals surface area contributed by atoms with Crippen LogP contribution >= 0.6 is 0 Å². The second kappa shape index (κ2) is 6.19. The van der Waals surface area contributed by atoms with Gasteiger partial charge in [0.15, 0.2) is 0 Å². The molecule has 0 saturated carbocycles. The molecule has 22 heavy (non-hydrogen) atoms. The molecule has 3 N–H and O–H groups in total. The molecule has 1 aliphatic rings. The number of aryl methyl sites for hydroxylation is 1. The fraction of sp³-hybridized carbons (Fsp3) is 0.667. The molecule has 0 aliphatic carbocycles. The minimum atomic E-state index is -0.295. The van der Waals surface area contributed by atoms with E-state index in [1.165, 1.54) is 22.3 Å². The number of aliphatic hydroxyl groups is 1. The number of methoxy groups -OCH3 is 1. The van der Waals surface area contributed by atoms with Crippen LogP contribution in [0.1, 0.15) is 61.9 Å². The third kappa shape index (κ3) is 2.64. The SMILES string of the molecule is COc1cc(C)c2c(c1C(C)C)C(CN)N(C(C)(C)CO)C2. The van der Waals surface area contributed by atoms with Crippen molar-refractivity contribution < 1.29 is 9.84 Å². The van der Waals surface area contributed by atoms with Crippen LogP contribution in [-0.2, 0) is 6.54 Å². The van der Waals surface area contributed by atoms with Crippen LogP contribution in [0.3, 0.4) is 0 Å². The number of aliphatic hydroxyl groups excluding tert-OH is 1. The molecular weight excluding hydrogens is 276 g/mol. The Labute approximate surface area is 134 Å². The van der Waals surface area contributed by atoms with Gasteiger partial charge in [-0.15, -0.1) is 0 Å². The molecular formula is C18H30N2O2. The van der Waals surface area contributed by atoms with Crippen molar-refractivity contribution in [3.05, 3.63) is 28.3 Å². The van der Waals surface area contributed by atoms with Gasteiger partial charge in [0.25, 0.3) is 0 Å². The van der Waals surface area contributed by atoms with Crippen molar-refractivity contribution in [2.24, 2.45) is 5.73 Å². The van der Waals surface area contributed by atoms with Crippen molar-refractivity contribution in [2.75, 3.05) is 20.3 Å². The topological polar surface area (TPSA) is 58.7 Å². The van der Waals surface area contributed by atoms with Gasteiger partial charge in [0.1, 0.15) is 5.75 Å². The molecule has 4 nitrogen and oxygen atoms in total. The van der Waals surface area contributed by atoms with E-state index < -0.39 is 0 Å². The Kier molecular flexibility index (Phi) is 4.85. The Morgan fingerprint density at radius 3 is 2.55 bits per heavy atom. The number of ether oxygens (including phenoxy) is 1. The number of rotatable bonds is 5. The minimum Gasteiger partial charge on any atom is -0.496 e. The average Bonchev–Trinajstić information content (AvgIpc) is 2.87. The maximum atomic E-state index is 9.79. The number of benzene rings is 1. The van der Waals surface area contributed by atoms with E-state index in [0.717, 1.165) is 12.3 Å². The summed E-state index contributed by atoms with van der Waals surface area (Å²) in [5.41, 5.74) is 11.0. The lowest BCUT2D eigenvalue weighted by atomic mass is 9.87. The third-order valence-electron chi connectivity index (χ3n) is 4.93. The lowest BCUT2D eigenvalue weighted by molar-refractivity contribution is 0.0290. The zero-order valence-corrected chi connectivity index (χ0v) is 14.7. The van der Waals surface area contributed by atoms with Gasteiger partial charge in [-0.3, -0.25) is 4.90 Å². The van der Waals surface area contributed by atoms with Crippen LogP contribution in [0.15, 0.2) is 6.07 Å². The highest BCUT2D eigenvalue weighted by Crippen LogP contribution is 2.46. The van der Waals surface area contributed by atoms with Gasteiger partial charge in [-0.05, 0) is 49.4 Å². The number of nitrogens with zero attached hydrogens (tertiary/aromatic N) is 1. The number of hydrogen-bond acceptors (Lipinski definition) is 4. The third-order valence-corrected chi connectivity index (χ3v) is 4.93. The maximum Gasteiger partial charge on any atom is 0.122 e. The molecule has 1 aromatic rings. The highest BCUT2D eigenvalue weighted by molar-refractivity contribution is 5.54. The Bertz CT molecular complexity index is 553. The summed E-state index contributed by atoms with van der Waals surface area (Å²) in [6, 6.07) is 2.26. The van der Waals surface area contributed by atoms with Crippen LogP contribution in [0, 0.1) is 6.92 Å². The van der Waals surface area contributed by atoms with Gasteiger partial charge in [0, 0.05) is 30.2 Å². The summed E-state index contributed by atoms with van der Waals surface area (Å²) < 4.78 is 5.64. The normalized spacial score (nSPS) is 18.9. The summed E-state index contributed by atoms with van der Waals surface area (Å²) in [6.45, 7) is 12.2. The van der Waals surface area contributed by atoms with E-state index in [4.69, 9.17) is 10.5 Å². The van der Waals surface area contributed by atoms with Gasteiger partial charge in [-0.2, -0.15) is 0 Å². The molecule has 1 heterocycles. The summed E-state index contributed by atoms with van der Waals surface area (Å²) in [6.07, 6.45) is 0. The fourth-order valence-electron chi connectivity index (χ4n) is 3.63. The van der Waals surface area contributed by atoms with Gasteiger partial charge in [-0.1, -0.05) is 13.8 Å². The highest BCUT2D eigenvalue weighted by atomic mass is 16.5. The van der Waals surface area contributed by atoms with Crippen LogP contribution in [-0.4, -0.2) is 35.8 Å². The first-order valence-electron chi connectivity index (χ1n) is 8.06. The summed E-state index contributed by atoms with van der Waals surface area (Å²) in [4.78, 5) is 2.33. The molecule has 0 bridgehead atoms. The summed E-state index contributed by atoms with van der Waals surface area (Å²) in [5.74, 6) is 1.32. The first-order valence-corrected chi connectivity index (χ1v) is 8.06.